The minimum atomic E-state index is -0.162. The van der Waals surface area contributed by atoms with E-state index in [9.17, 15) is 10.2 Å². The molecule has 0 radical (unpaired) electrons. The summed E-state index contributed by atoms with van der Waals surface area (Å²) in [5.74, 6) is -0.324. The molecule has 0 aliphatic heterocycles. The third-order valence-electron chi connectivity index (χ3n) is 1.46. The largest absolute Gasteiger partial charge is 1.00 e. The van der Waals surface area contributed by atoms with Gasteiger partial charge in [0.15, 0.2) is 0 Å². The van der Waals surface area contributed by atoms with Crippen molar-refractivity contribution in [3.63, 3.8) is 0 Å². The van der Waals surface area contributed by atoms with E-state index in [0.29, 0.717) is 5.56 Å². The number of benzene rings is 1. The van der Waals surface area contributed by atoms with Crippen LogP contribution in [0.1, 0.15) is 11.1 Å². The van der Waals surface area contributed by atoms with Crippen molar-refractivity contribution in [1.29, 1.82) is 0 Å². The summed E-state index contributed by atoms with van der Waals surface area (Å²) in [5.41, 5.74) is 1.05. The van der Waals surface area contributed by atoms with Gasteiger partial charge in [0.25, 0.3) is 0 Å². The molecule has 0 unspecified atom stereocenters. The second-order valence-corrected chi connectivity index (χ2v) is 2.39. The Morgan fingerprint density at radius 1 is 0.917 bits per heavy atom. The third kappa shape index (κ3) is 4.55. The standard InChI is InChI=1S/C8H10O2.2K/c1-5-3-7(9)6(2)8(10)4-5;;/h3-4,9-10H,1-2H3;;/q;2*+1/p-2. The Balaban J connectivity index is 0. The molecule has 0 saturated carbocycles. The first kappa shape index (κ1) is 16.5. The van der Waals surface area contributed by atoms with E-state index in [1.165, 1.54) is 12.1 Å². The predicted octanol–water partition coefficient (Wildman–Crippen LogP) is -5.54. The maximum Gasteiger partial charge on any atom is 1.00 e. The molecule has 0 spiro atoms. The van der Waals surface area contributed by atoms with Gasteiger partial charge in [-0.15, -0.1) is 11.5 Å². The van der Waals surface area contributed by atoms with Gasteiger partial charge in [-0.2, -0.15) is 0 Å². The topological polar surface area (TPSA) is 46.1 Å². The molecule has 1 aromatic rings. The fraction of sp³-hybridized carbons (Fsp3) is 0.250. The van der Waals surface area contributed by atoms with Gasteiger partial charge < -0.3 is 10.2 Å². The average Bonchev–Trinajstić information content (AvgIpc) is 1.82. The van der Waals surface area contributed by atoms with E-state index in [1.807, 2.05) is 0 Å². The molecule has 54 valence electrons. The molecule has 0 atom stereocenters. The zero-order chi connectivity index (χ0) is 7.72. The van der Waals surface area contributed by atoms with Crippen molar-refractivity contribution in [2.45, 2.75) is 13.8 Å². The number of aryl methyl sites for hydroxylation is 1. The number of rotatable bonds is 0. The summed E-state index contributed by atoms with van der Waals surface area (Å²) in [6.45, 7) is 3.28. The van der Waals surface area contributed by atoms with Crippen LogP contribution in [0.4, 0.5) is 0 Å². The average molecular weight is 214 g/mol. The first-order valence-corrected chi connectivity index (χ1v) is 3.06. The van der Waals surface area contributed by atoms with Crippen molar-refractivity contribution in [3.05, 3.63) is 23.3 Å². The molecule has 0 saturated heterocycles. The van der Waals surface area contributed by atoms with E-state index in [-0.39, 0.29) is 114 Å². The summed E-state index contributed by atoms with van der Waals surface area (Å²) in [6.07, 6.45) is 0. The van der Waals surface area contributed by atoms with E-state index in [1.54, 1.807) is 13.8 Å². The molecule has 4 heteroatoms. The first-order chi connectivity index (χ1) is 4.61. The van der Waals surface area contributed by atoms with E-state index in [0.717, 1.165) is 5.56 Å². The van der Waals surface area contributed by atoms with Crippen molar-refractivity contribution >= 4 is 0 Å². The normalized spacial score (nSPS) is 8.17. The molecule has 0 N–H and O–H groups in total. The molecular weight excluding hydrogens is 206 g/mol. The Morgan fingerprint density at radius 3 is 1.58 bits per heavy atom. The summed E-state index contributed by atoms with van der Waals surface area (Å²) in [6, 6.07) is 2.94. The van der Waals surface area contributed by atoms with Crippen LogP contribution in [0.5, 0.6) is 11.5 Å². The summed E-state index contributed by atoms with van der Waals surface area (Å²) < 4.78 is 0. The molecular formula is C8H8K2O2. The molecule has 0 bridgehead atoms. The van der Waals surface area contributed by atoms with Crippen LogP contribution in [-0.2, 0) is 0 Å². The minimum absolute atomic E-state index is 0. The zero-order valence-electron chi connectivity index (χ0n) is 7.97. The van der Waals surface area contributed by atoms with Gasteiger partial charge in [0.1, 0.15) is 0 Å². The van der Waals surface area contributed by atoms with Crippen LogP contribution in [0, 0.1) is 13.8 Å². The van der Waals surface area contributed by atoms with Crippen LogP contribution in [0.3, 0.4) is 0 Å². The smallest absolute Gasteiger partial charge is 0.872 e. The van der Waals surface area contributed by atoms with Crippen molar-refractivity contribution in [1.82, 2.24) is 0 Å². The SMILES string of the molecule is Cc1cc([O-])c(C)c([O-])c1.[K+].[K+]. The van der Waals surface area contributed by atoms with Gasteiger partial charge in [-0.05, 0) is 13.8 Å². The van der Waals surface area contributed by atoms with E-state index in [4.69, 9.17) is 0 Å². The molecule has 0 heterocycles. The molecule has 0 aliphatic rings. The molecule has 0 amide bonds. The fourth-order valence-corrected chi connectivity index (χ4v) is 0.793. The van der Waals surface area contributed by atoms with E-state index in [2.05, 4.69) is 0 Å². The second kappa shape index (κ2) is 7.39. The van der Waals surface area contributed by atoms with Crippen molar-refractivity contribution in [2.24, 2.45) is 0 Å². The van der Waals surface area contributed by atoms with Crippen LogP contribution in [0.2, 0.25) is 0 Å². The summed E-state index contributed by atoms with van der Waals surface area (Å²) in [4.78, 5) is 0. The predicted molar refractivity (Wildman–Crippen MR) is 34.8 cm³/mol. The molecule has 1 rings (SSSR count). The monoisotopic (exact) mass is 214 g/mol. The molecule has 1 aromatic carbocycles. The maximum atomic E-state index is 10.9. The number of hydrogen-bond donors (Lipinski definition) is 0. The van der Waals surface area contributed by atoms with Gasteiger partial charge in [0, 0.05) is 0 Å². The van der Waals surface area contributed by atoms with Crippen LogP contribution in [0.25, 0.3) is 0 Å². The van der Waals surface area contributed by atoms with Crippen molar-refractivity contribution in [3.8, 4) is 11.5 Å². The van der Waals surface area contributed by atoms with Gasteiger partial charge in [0.2, 0.25) is 0 Å². The maximum absolute atomic E-state index is 10.9. The van der Waals surface area contributed by atoms with Crippen LogP contribution in [-0.4, -0.2) is 0 Å². The molecule has 0 fully saturated rings. The number of hydrogen-bond acceptors (Lipinski definition) is 2. The molecule has 2 nitrogen and oxygen atoms in total. The van der Waals surface area contributed by atoms with E-state index < -0.39 is 0 Å². The zero-order valence-corrected chi connectivity index (χ0v) is 14.2. The van der Waals surface area contributed by atoms with Crippen LogP contribution in [0.15, 0.2) is 12.1 Å². The summed E-state index contributed by atoms with van der Waals surface area (Å²) in [7, 11) is 0. The third-order valence-corrected chi connectivity index (χ3v) is 1.46. The Kier molecular flexibility index (Phi) is 10.2. The Labute approximate surface area is 158 Å². The minimum Gasteiger partial charge on any atom is -0.872 e. The van der Waals surface area contributed by atoms with Gasteiger partial charge >= 0.3 is 103 Å². The second-order valence-electron chi connectivity index (χ2n) is 2.39. The Morgan fingerprint density at radius 2 is 1.25 bits per heavy atom. The van der Waals surface area contributed by atoms with Crippen molar-refractivity contribution < 1.29 is 113 Å². The van der Waals surface area contributed by atoms with Gasteiger partial charge in [-0.1, -0.05) is 23.3 Å². The van der Waals surface area contributed by atoms with Gasteiger partial charge in [-0.3, -0.25) is 0 Å². The van der Waals surface area contributed by atoms with Crippen molar-refractivity contribution in [2.75, 3.05) is 0 Å². The molecule has 0 aliphatic carbocycles. The van der Waals surface area contributed by atoms with Gasteiger partial charge in [0.05, 0.1) is 0 Å². The fourth-order valence-electron chi connectivity index (χ4n) is 0.793. The summed E-state index contributed by atoms with van der Waals surface area (Å²) >= 11 is 0. The van der Waals surface area contributed by atoms with Gasteiger partial charge in [-0.25, -0.2) is 0 Å². The Bertz CT molecular complexity index is 238. The van der Waals surface area contributed by atoms with Crippen LogP contribution >= 0.6 is 0 Å². The van der Waals surface area contributed by atoms with E-state index >= 15 is 0 Å². The Hall–Kier alpha value is 2.09. The summed E-state index contributed by atoms with van der Waals surface area (Å²) in [5, 5.41) is 21.7. The quantitative estimate of drug-likeness (QED) is 0.404. The van der Waals surface area contributed by atoms with Crippen LogP contribution < -0.4 is 113 Å². The first-order valence-electron chi connectivity index (χ1n) is 3.06. The molecule has 12 heavy (non-hydrogen) atoms. The molecule has 0 aromatic heterocycles.